The highest BCUT2D eigenvalue weighted by Gasteiger charge is 2.35. The van der Waals surface area contributed by atoms with E-state index < -0.39 is 9.84 Å². The van der Waals surface area contributed by atoms with Gasteiger partial charge in [0.25, 0.3) is 0 Å². The molecule has 0 atom stereocenters. The molecule has 1 aliphatic rings. The summed E-state index contributed by atoms with van der Waals surface area (Å²) < 4.78 is 23.3. The predicted octanol–water partition coefficient (Wildman–Crippen LogP) is 1.96. The Hall–Kier alpha value is -1.07. The Morgan fingerprint density at radius 1 is 1.26 bits per heavy atom. The lowest BCUT2D eigenvalue weighted by Gasteiger charge is -2.37. The van der Waals surface area contributed by atoms with E-state index >= 15 is 0 Å². The van der Waals surface area contributed by atoms with Crippen molar-refractivity contribution in [1.29, 1.82) is 0 Å². The maximum atomic E-state index is 11.7. The average Bonchev–Trinajstić information content (AvgIpc) is 2.38. The molecule has 1 fully saturated rings. The van der Waals surface area contributed by atoms with Crippen LogP contribution in [0.25, 0.3) is 0 Å². The van der Waals surface area contributed by atoms with Gasteiger partial charge in [0.2, 0.25) is 0 Å². The first kappa shape index (κ1) is 14.3. The first-order valence-corrected chi connectivity index (χ1v) is 8.52. The Labute approximate surface area is 114 Å². The van der Waals surface area contributed by atoms with Gasteiger partial charge in [-0.1, -0.05) is 19.3 Å². The fraction of sp³-hybridized carbons (Fsp3) is 0.571. The van der Waals surface area contributed by atoms with Gasteiger partial charge in [0, 0.05) is 23.8 Å². The molecule has 1 aromatic carbocycles. The highest BCUT2D eigenvalue weighted by molar-refractivity contribution is 7.90. The first-order valence-electron chi connectivity index (χ1n) is 6.63. The Balaban J connectivity index is 2.53. The van der Waals surface area contributed by atoms with E-state index in [9.17, 15) is 13.5 Å². The van der Waals surface area contributed by atoms with E-state index in [2.05, 4.69) is 0 Å². The summed E-state index contributed by atoms with van der Waals surface area (Å²) in [7, 11) is -3.27. The first-order chi connectivity index (χ1) is 8.89. The lowest BCUT2D eigenvalue weighted by molar-refractivity contribution is 0.290. The van der Waals surface area contributed by atoms with Crippen LogP contribution in [0.5, 0.6) is 5.75 Å². The van der Waals surface area contributed by atoms with Gasteiger partial charge in [0.05, 0.1) is 4.90 Å². The molecule has 0 radical (unpaired) electrons. The monoisotopic (exact) mass is 283 g/mol. The molecule has 0 aromatic heterocycles. The van der Waals surface area contributed by atoms with Crippen molar-refractivity contribution in [1.82, 2.24) is 0 Å². The van der Waals surface area contributed by atoms with Crippen LogP contribution in [0.4, 0.5) is 0 Å². The van der Waals surface area contributed by atoms with E-state index in [0.29, 0.717) is 12.1 Å². The van der Waals surface area contributed by atoms with Crippen molar-refractivity contribution >= 4 is 9.84 Å². The van der Waals surface area contributed by atoms with Crippen LogP contribution < -0.4 is 5.73 Å². The fourth-order valence-electron chi connectivity index (χ4n) is 2.98. The third kappa shape index (κ3) is 2.77. The van der Waals surface area contributed by atoms with Crippen molar-refractivity contribution in [2.45, 2.75) is 42.4 Å². The van der Waals surface area contributed by atoms with Crippen molar-refractivity contribution in [3.05, 3.63) is 23.8 Å². The second-order valence-electron chi connectivity index (χ2n) is 5.50. The third-order valence-corrected chi connectivity index (χ3v) is 5.28. The highest BCUT2D eigenvalue weighted by Crippen LogP contribution is 2.42. The third-order valence-electron chi connectivity index (χ3n) is 4.17. The summed E-state index contributed by atoms with van der Waals surface area (Å²) in [6.45, 7) is 0.438. The number of hydrogen-bond acceptors (Lipinski definition) is 4. The molecule has 0 spiro atoms. The molecule has 0 bridgehead atoms. The number of nitrogens with two attached hydrogens (primary N) is 1. The van der Waals surface area contributed by atoms with E-state index in [4.69, 9.17) is 5.73 Å². The molecule has 1 saturated carbocycles. The van der Waals surface area contributed by atoms with Crippen LogP contribution in [0.1, 0.15) is 37.7 Å². The van der Waals surface area contributed by atoms with Crippen LogP contribution in [0.3, 0.4) is 0 Å². The summed E-state index contributed by atoms with van der Waals surface area (Å²) in [6, 6.07) is 4.52. The maximum Gasteiger partial charge on any atom is 0.175 e. The highest BCUT2D eigenvalue weighted by atomic mass is 32.2. The predicted molar refractivity (Wildman–Crippen MR) is 75.0 cm³/mol. The topological polar surface area (TPSA) is 80.4 Å². The molecular formula is C14H21NO3S. The number of hydrogen-bond donors (Lipinski definition) is 2. The second kappa shape index (κ2) is 5.13. The molecule has 0 aliphatic heterocycles. The number of sulfone groups is 1. The van der Waals surface area contributed by atoms with E-state index in [1.54, 1.807) is 6.07 Å². The molecule has 5 heteroatoms. The summed E-state index contributed by atoms with van der Waals surface area (Å²) >= 11 is 0. The van der Waals surface area contributed by atoms with Crippen molar-refractivity contribution in [2.24, 2.45) is 5.73 Å². The molecular weight excluding hydrogens is 262 g/mol. The molecule has 0 unspecified atom stereocenters. The molecule has 1 aromatic rings. The molecule has 106 valence electrons. The van der Waals surface area contributed by atoms with Crippen molar-refractivity contribution in [3.63, 3.8) is 0 Å². The van der Waals surface area contributed by atoms with Gasteiger partial charge >= 0.3 is 0 Å². The Bertz CT molecular complexity index is 560. The zero-order valence-corrected chi connectivity index (χ0v) is 12.0. The van der Waals surface area contributed by atoms with E-state index in [0.717, 1.165) is 25.7 Å². The Morgan fingerprint density at radius 3 is 2.42 bits per heavy atom. The van der Waals surface area contributed by atoms with E-state index in [1.807, 2.05) is 0 Å². The van der Waals surface area contributed by atoms with Gasteiger partial charge in [-0.2, -0.15) is 0 Å². The van der Waals surface area contributed by atoms with Crippen LogP contribution in [-0.4, -0.2) is 26.3 Å². The van der Waals surface area contributed by atoms with E-state index in [-0.39, 0.29) is 16.1 Å². The van der Waals surface area contributed by atoms with Gasteiger partial charge < -0.3 is 10.8 Å². The second-order valence-corrected chi connectivity index (χ2v) is 7.51. The number of phenols is 1. The number of benzene rings is 1. The number of aromatic hydroxyl groups is 1. The molecule has 4 nitrogen and oxygen atoms in total. The summed E-state index contributed by atoms with van der Waals surface area (Å²) in [6.07, 6.45) is 6.31. The Kier molecular flexibility index (Phi) is 3.87. The minimum absolute atomic E-state index is 0.153. The van der Waals surface area contributed by atoms with Crippen LogP contribution >= 0.6 is 0 Å². The average molecular weight is 283 g/mol. The summed E-state index contributed by atoms with van der Waals surface area (Å²) in [5.74, 6) is 0.153. The Morgan fingerprint density at radius 2 is 1.89 bits per heavy atom. The fourth-order valence-corrected chi connectivity index (χ4v) is 3.63. The molecule has 1 aliphatic carbocycles. The van der Waals surface area contributed by atoms with Gasteiger partial charge in [-0.15, -0.1) is 0 Å². The molecule has 19 heavy (non-hydrogen) atoms. The molecule has 3 N–H and O–H groups in total. The zero-order valence-electron chi connectivity index (χ0n) is 11.2. The minimum atomic E-state index is -3.27. The lowest BCUT2D eigenvalue weighted by atomic mass is 9.69. The van der Waals surface area contributed by atoms with Crippen molar-refractivity contribution in [2.75, 3.05) is 12.8 Å². The standard InChI is InChI=1S/C14H21NO3S/c1-19(17,18)11-5-6-13(16)12(9-11)14(10-15)7-3-2-4-8-14/h5-6,9,16H,2-4,7-8,10,15H2,1H3. The summed E-state index contributed by atoms with van der Waals surface area (Å²) in [4.78, 5) is 0.249. The van der Waals surface area contributed by atoms with E-state index in [1.165, 1.54) is 24.8 Å². The van der Waals surface area contributed by atoms with Crippen LogP contribution in [0.15, 0.2) is 23.1 Å². The molecule has 0 heterocycles. The van der Waals surface area contributed by atoms with Crippen molar-refractivity contribution < 1.29 is 13.5 Å². The minimum Gasteiger partial charge on any atom is -0.508 e. The summed E-state index contributed by atoms with van der Waals surface area (Å²) in [5.41, 5.74) is 6.36. The van der Waals surface area contributed by atoms with Crippen LogP contribution in [0, 0.1) is 0 Å². The number of rotatable bonds is 3. The normalized spacial score (nSPS) is 19.3. The van der Waals surface area contributed by atoms with Gasteiger partial charge in [0.1, 0.15) is 5.75 Å². The maximum absolute atomic E-state index is 11.7. The lowest BCUT2D eigenvalue weighted by Crippen LogP contribution is -2.37. The zero-order chi connectivity index (χ0) is 14.1. The SMILES string of the molecule is CS(=O)(=O)c1ccc(O)c(C2(CN)CCCCC2)c1. The quantitative estimate of drug-likeness (QED) is 0.888. The molecule has 0 amide bonds. The van der Waals surface area contributed by atoms with Gasteiger partial charge in [0.15, 0.2) is 9.84 Å². The van der Waals surface area contributed by atoms with Crippen LogP contribution in [0.2, 0.25) is 0 Å². The largest absolute Gasteiger partial charge is 0.508 e. The molecule has 0 saturated heterocycles. The number of phenolic OH excluding ortho intramolecular Hbond substituents is 1. The van der Waals surface area contributed by atoms with Crippen molar-refractivity contribution in [3.8, 4) is 5.75 Å². The molecule has 2 rings (SSSR count). The van der Waals surface area contributed by atoms with Gasteiger partial charge in [-0.05, 0) is 31.0 Å². The van der Waals surface area contributed by atoms with Gasteiger partial charge in [-0.3, -0.25) is 0 Å². The summed E-state index contributed by atoms with van der Waals surface area (Å²) in [5, 5.41) is 10.1. The smallest absolute Gasteiger partial charge is 0.175 e. The van der Waals surface area contributed by atoms with Crippen LogP contribution in [-0.2, 0) is 15.3 Å². The van der Waals surface area contributed by atoms with Gasteiger partial charge in [-0.25, -0.2) is 8.42 Å².